The Labute approximate surface area is 145 Å². The maximum atomic E-state index is 12.4. The van der Waals surface area contributed by atoms with Crippen LogP contribution in [0.1, 0.15) is 10.4 Å². The molecule has 1 aliphatic heterocycles. The average molecular weight is 341 g/mol. The number of urea groups is 1. The van der Waals surface area contributed by atoms with Crippen molar-refractivity contribution in [3.63, 3.8) is 0 Å². The predicted octanol–water partition coefficient (Wildman–Crippen LogP) is 1.62. The third kappa shape index (κ3) is 4.03. The van der Waals surface area contributed by atoms with E-state index in [2.05, 4.69) is 20.0 Å². The second kappa shape index (κ2) is 7.61. The first-order valence-electron chi connectivity index (χ1n) is 7.93. The summed E-state index contributed by atoms with van der Waals surface area (Å²) in [5.41, 5.74) is 0.952. The summed E-state index contributed by atoms with van der Waals surface area (Å²) in [5, 5.41) is 2.82. The zero-order valence-electron chi connectivity index (χ0n) is 13.9. The number of carbonyl (C=O) groups is 2. The molecule has 8 heteroatoms. The molecule has 2 heterocycles. The van der Waals surface area contributed by atoms with Crippen LogP contribution in [0.3, 0.4) is 0 Å². The van der Waals surface area contributed by atoms with Crippen LogP contribution in [-0.4, -0.2) is 60.2 Å². The van der Waals surface area contributed by atoms with E-state index in [1.165, 1.54) is 7.11 Å². The third-order valence-corrected chi connectivity index (χ3v) is 3.94. The van der Waals surface area contributed by atoms with Crippen LogP contribution in [-0.2, 0) is 4.74 Å². The van der Waals surface area contributed by atoms with Crippen LogP contribution in [0.5, 0.6) is 0 Å². The molecule has 130 valence electrons. The molecule has 3 rings (SSSR count). The van der Waals surface area contributed by atoms with Gasteiger partial charge in [-0.25, -0.2) is 19.6 Å². The Bertz CT molecular complexity index is 745. The van der Waals surface area contributed by atoms with E-state index < -0.39 is 5.97 Å². The lowest BCUT2D eigenvalue weighted by molar-refractivity contribution is 0.0600. The molecule has 0 aliphatic carbocycles. The fourth-order valence-corrected chi connectivity index (χ4v) is 2.61. The molecule has 1 aromatic carbocycles. The average Bonchev–Trinajstić information content (AvgIpc) is 2.68. The molecule has 0 radical (unpaired) electrons. The number of amides is 2. The molecule has 0 unspecified atom stereocenters. The highest BCUT2D eigenvalue weighted by molar-refractivity contribution is 5.94. The van der Waals surface area contributed by atoms with Gasteiger partial charge in [-0.3, -0.25) is 0 Å². The molecule has 1 fully saturated rings. The number of aromatic nitrogens is 2. The normalized spacial score (nSPS) is 14.1. The standard InChI is InChI=1S/C17H19N5O3/c1-25-15(23)13-4-2-5-14(12-13)20-17(24)22-10-8-21(9-11-22)16-18-6-3-7-19-16/h2-7,12H,8-11H2,1H3,(H,20,24). The van der Waals surface area contributed by atoms with Crippen LogP contribution in [0.4, 0.5) is 16.4 Å². The summed E-state index contributed by atoms with van der Waals surface area (Å²) in [7, 11) is 1.32. The number of anilines is 2. The molecule has 0 bridgehead atoms. The lowest BCUT2D eigenvalue weighted by Gasteiger charge is -2.34. The van der Waals surface area contributed by atoms with E-state index in [0.717, 1.165) is 0 Å². The zero-order valence-corrected chi connectivity index (χ0v) is 13.9. The van der Waals surface area contributed by atoms with Gasteiger partial charge in [-0.05, 0) is 24.3 Å². The first-order valence-corrected chi connectivity index (χ1v) is 7.93. The van der Waals surface area contributed by atoms with Gasteiger partial charge in [0.1, 0.15) is 0 Å². The Kier molecular flexibility index (Phi) is 5.08. The predicted molar refractivity (Wildman–Crippen MR) is 92.6 cm³/mol. The van der Waals surface area contributed by atoms with E-state index in [9.17, 15) is 9.59 Å². The number of benzene rings is 1. The number of nitrogens with one attached hydrogen (secondary N) is 1. The van der Waals surface area contributed by atoms with Crippen LogP contribution in [0.25, 0.3) is 0 Å². The summed E-state index contributed by atoms with van der Waals surface area (Å²) < 4.78 is 4.69. The van der Waals surface area contributed by atoms with Crippen molar-refractivity contribution in [3.05, 3.63) is 48.3 Å². The monoisotopic (exact) mass is 341 g/mol. The van der Waals surface area contributed by atoms with E-state index in [1.807, 2.05) is 4.90 Å². The van der Waals surface area contributed by atoms with Crippen LogP contribution >= 0.6 is 0 Å². The summed E-state index contributed by atoms with van der Waals surface area (Å²) in [6.45, 7) is 2.47. The Morgan fingerprint density at radius 2 is 1.80 bits per heavy atom. The molecule has 0 saturated carbocycles. The highest BCUT2D eigenvalue weighted by Crippen LogP contribution is 2.14. The van der Waals surface area contributed by atoms with Gasteiger partial charge in [0, 0.05) is 44.3 Å². The van der Waals surface area contributed by atoms with Crippen molar-refractivity contribution in [2.24, 2.45) is 0 Å². The van der Waals surface area contributed by atoms with Crippen molar-refractivity contribution in [3.8, 4) is 0 Å². The Balaban J connectivity index is 1.57. The fourth-order valence-electron chi connectivity index (χ4n) is 2.61. The molecule has 25 heavy (non-hydrogen) atoms. The molecule has 0 atom stereocenters. The van der Waals surface area contributed by atoms with Gasteiger partial charge in [0.05, 0.1) is 12.7 Å². The van der Waals surface area contributed by atoms with Gasteiger partial charge < -0.3 is 19.9 Å². The van der Waals surface area contributed by atoms with Gasteiger partial charge in [0.15, 0.2) is 0 Å². The highest BCUT2D eigenvalue weighted by Gasteiger charge is 2.22. The van der Waals surface area contributed by atoms with Crippen molar-refractivity contribution in [2.75, 3.05) is 43.5 Å². The van der Waals surface area contributed by atoms with Crippen molar-refractivity contribution >= 4 is 23.6 Å². The van der Waals surface area contributed by atoms with Crippen molar-refractivity contribution < 1.29 is 14.3 Å². The van der Waals surface area contributed by atoms with E-state index in [4.69, 9.17) is 0 Å². The molecule has 2 amide bonds. The van der Waals surface area contributed by atoms with Gasteiger partial charge in [0.2, 0.25) is 5.95 Å². The largest absolute Gasteiger partial charge is 0.465 e. The summed E-state index contributed by atoms with van der Waals surface area (Å²) in [4.78, 5) is 36.2. The number of hydrogen-bond acceptors (Lipinski definition) is 6. The second-order valence-corrected chi connectivity index (χ2v) is 5.53. The lowest BCUT2D eigenvalue weighted by atomic mass is 10.2. The smallest absolute Gasteiger partial charge is 0.337 e. The molecule has 1 aromatic heterocycles. The lowest BCUT2D eigenvalue weighted by Crippen LogP contribution is -2.50. The van der Waals surface area contributed by atoms with E-state index >= 15 is 0 Å². The van der Waals surface area contributed by atoms with Crippen LogP contribution in [0.2, 0.25) is 0 Å². The van der Waals surface area contributed by atoms with Crippen LogP contribution in [0, 0.1) is 0 Å². The molecular formula is C17H19N5O3. The minimum absolute atomic E-state index is 0.198. The maximum Gasteiger partial charge on any atom is 0.337 e. The number of ether oxygens (including phenoxy) is 1. The molecule has 8 nitrogen and oxygen atoms in total. The molecular weight excluding hydrogens is 322 g/mol. The SMILES string of the molecule is COC(=O)c1cccc(NC(=O)N2CCN(c3ncccn3)CC2)c1. The molecule has 1 aliphatic rings. The van der Waals surface area contributed by atoms with E-state index in [1.54, 1.807) is 47.6 Å². The second-order valence-electron chi connectivity index (χ2n) is 5.53. The van der Waals surface area contributed by atoms with Gasteiger partial charge >= 0.3 is 12.0 Å². The number of piperazine rings is 1. The number of nitrogens with zero attached hydrogens (tertiary/aromatic N) is 4. The van der Waals surface area contributed by atoms with Gasteiger partial charge in [-0.15, -0.1) is 0 Å². The minimum atomic E-state index is -0.437. The number of esters is 1. The van der Waals surface area contributed by atoms with Gasteiger partial charge in [-0.2, -0.15) is 0 Å². The Hall–Kier alpha value is -3.16. The Morgan fingerprint density at radius 3 is 2.48 bits per heavy atom. The first kappa shape index (κ1) is 16.7. The highest BCUT2D eigenvalue weighted by atomic mass is 16.5. The summed E-state index contributed by atoms with van der Waals surface area (Å²) in [6.07, 6.45) is 3.41. The van der Waals surface area contributed by atoms with Crippen molar-refractivity contribution in [1.29, 1.82) is 0 Å². The minimum Gasteiger partial charge on any atom is -0.465 e. The van der Waals surface area contributed by atoms with E-state index in [-0.39, 0.29) is 6.03 Å². The van der Waals surface area contributed by atoms with E-state index in [0.29, 0.717) is 43.4 Å². The fraction of sp³-hybridized carbons (Fsp3) is 0.294. The van der Waals surface area contributed by atoms with Crippen molar-refractivity contribution in [2.45, 2.75) is 0 Å². The van der Waals surface area contributed by atoms with Gasteiger partial charge in [-0.1, -0.05) is 6.07 Å². The maximum absolute atomic E-state index is 12.4. The topological polar surface area (TPSA) is 87.7 Å². The molecule has 1 saturated heterocycles. The number of hydrogen-bond donors (Lipinski definition) is 1. The quantitative estimate of drug-likeness (QED) is 0.854. The first-order chi connectivity index (χ1) is 12.2. The zero-order chi connectivity index (χ0) is 17.6. The summed E-state index contributed by atoms with van der Waals surface area (Å²) in [6, 6.07) is 8.24. The molecule has 1 N–H and O–H groups in total. The summed E-state index contributed by atoms with van der Waals surface area (Å²) in [5.74, 6) is 0.237. The Morgan fingerprint density at radius 1 is 1.08 bits per heavy atom. The molecule has 2 aromatic rings. The molecule has 0 spiro atoms. The van der Waals surface area contributed by atoms with Crippen molar-refractivity contribution in [1.82, 2.24) is 14.9 Å². The number of carbonyl (C=O) groups excluding carboxylic acids is 2. The van der Waals surface area contributed by atoms with Crippen LogP contribution < -0.4 is 10.2 Å². The third-order valence-electron chi connectivity index (χ3n) is 3.94. The number of rotatable bonds is 3. The summed E-state index contributed by atoms with van der Waals surface area (Å²) >= 11 is 0. The number of methoxy groups -OCH3 is 1. The van der Waals surface area contributed by atoms with Gasteiger partial charge in [0.25, 0.3) is 0 Å². The van der Waals surface area contributed by atoms with Crippen LogP contribution in [0.15, 0.2) is 42.7 Å².